The highest BCUT2D eigenvalue weighted by molar-refractivity contribution is 8.00. The Morgan fingerprint density at radius 3 is 2.36 bits per heavy atom. The van der Waals surface area contributed by atoms with Gasteiger partial charge in [-0.3, -0.25) is 4.79 Å². The van der Waals surface area contributed by atoms with Gasteiger partial charge in [-0.2, -0.15) is 13.2 Å². The van der Waals surface area contributed by atoms with E-state index < -0.39 is 30.4 Å². The van der Waals surface area contributed by atoms with Crippen molar-refractivity contribution in [3.63, 3.8) is 0 Å². The van der Waals surface area contributed by atoms with E-state index in [1.165, 1.54) is 36.2 Å². The zero-order valence-corrected chi connectivity index (χ0v) is 12.4. The van der Waals surface area contributed by atoms with Gasteiger partial charge in [-0.05, 0) is 24.3 Å². The third-order valence-corrected chi connectivity index (χ3v) is 3.43. The van der Waals surface area contributed by atoms with E-state index >= 15 is 0 Å². The molecule has 0 atom stereocenters. The number of amides is 1. The molecule has 1 aromatic rings. The van der Waals surface area contributed by atoms with Crippen LogP contribution in [0.1, 0.15) is 0 Å². The van der Waals surface area contributed by atoms with Crippen LogP contribution in [-0.2, 0) is 9.59 Å². The largest absolute Gasteiger partial charge is 0.482 e. The van der Waals surface area contributed by atoms with Crippen LogP contribution in [0.5, 0.6) is 5.75 Å². The second-order valence-corrected chi connectivity index (χ2v) is 5.22. The molecule has 1 amide bonds. The molecule has 1 N–H and O–H groups in total. The van der Waals surface area contributed by atoms with Crippen molar-refractivity contribution in [3.05, 3.63) is 24.3 Å². The molecule has 22 heavy (non-hydrogen) atoms. The number of benzene rings is 1. The SMILES string of the molecule is CN(C(=O)CSCC(F)(F)F)c1ccc(OCC(=O)O)cc1. The Balaban J connectivity index is 2.52. The minimum absolute atomic E-state index is 0.284. The number of thioether (sulfide) groups is 1. The quantitative estimate of drug-likeness (QED) is 0.828. The average molecular weight is 337 g/mol. The Kier molecular flexibility index (Phi) is 6.54. The van der Waals surface area contributed by atoms with E-state index in [-0.39, 0.29) is 5.75 Å². The lowest BCUT2D eigenvalue weighted by Crippen LogP contribution is -2.28. The van der Waals surface area contributed by atoms with Gasteiger partial charge in [0.25, 0.3) is 0 Å². The zero-order chi connectivity index (χ0) is 16.8. The van der Waals surface area contributed by atoms with Crippen molar-refractivity contribution in [1.29, 1.82) is 0 Å². The van der Waals surface area contributed by atoms with Crippen LogP contribution in [0.4, 0.5) is 18.9 Å². The predicted octanol–water partition coefficient (Wildman–Crippen LogP) is 2.41. The molecule has 0 fully saturated rings. The third kappa shape index (κ3) is 6.70. The van der Waals surface area contributed by atoms with Crippen LogP contribution in [0, 0.1) is 0 Å². The second kappa shape index (κ2) is 7.92. The van der Waals surface area contributed by atoms with Gasteiger partial charge in [0.15, 0.2) is 6.61 Å². The first-order valence-corrected chi connectivity index (χ1v) is 7.20. The fourth-order valence-electron chi connectivity index (χ4n) is 1.41. The van der Waals surface area contributed by atoms with Crippen LogP contribution in [0.2, 0.25) is 0 Å². The molecule has 5 nitrogen and oxygen atoms in total. The molecule has 9 heteroatoms. The summed E-state index contributed by atoms with van der Waals surface area (Å²) in [7, 11) is 1.45. The van der Waals surface area contributed by atoms with Crippen molar-refractivity contribution in [2.75, 3.05) is 30.1 Å². The lowest BCUT2D eigenvalue weighted by Gasteiger charge is -2.17. The van der Waals surface area contributed by atoms with Gasteiger partial charge < -0.3 is 14.7 Å². The van der Waals surface area contributed by atoms with E-state index in [1.54, 1.807) is 0 Å². The van der Waals surface area contributed by atoms with E-state index in [4.69, 9.17) is 9.84 Å². The molecule has 0 aliphatic carbocycles. The molecule has 0 spiro atoms. The number of nitrogens with zero attached hydrogens (tertiary/aromatic N) is 1. The molecule has 0 unspecified atom stereocenters. The summed E-state index contributed by atoms with van der Waals surface area (Å²) >= 11 is 0.500. The Morgan fingerprint density at radius 1 is 1.27 bits per heavy atom. The maximum atomic E-state index is 12.0. The van der Waals surface area contributed by atoms with Gasteiger partial charge in [-0.1, -0.05) is 0 Å². The first-order valence-electron chi connectivity index (χ1n) is 6.05. The summed E-state index contributed by atoms with van der Waals surface area (Å²) in [5.74, 6) is -2.62. The van der Waals surface area contributed by atoms with Gasteiger partial charge in [0.1, 0.15) is 5.75 Å². The summed E-state index contributed by atoms with van der Waals surface area (Å²) in [5.41, 5.74) is 0.472. The van der Waals surface area contributed by atoms with Crippen LogP contribution in [0.15, 0.2) is 24.3 Å². The Labute approximate surface area is 129 Å². The van der Waals surface area contributed by atoms with Crippen LogP contribution in [0.3, 0.4) is 0 Å². The fourth-order valence-corrected chi connectivity index (χ4v) is 2.11. The summed E-state index contributed by atoms with van der Waals surface area (Å²) in [6.45, 7) is -0.484. The van der Waals surface area contributed by atoms with Crippen LogP contribution >= 0.6 is 11.8 Å². The summed E-state index contributed by atoms with van der Waals surface area (Å²) in [6.07, 6.45) is -4.30. The van der Waals surface area contributed by atoms with Crippen LogP contribution in [-0.4, -0.2) is 48.3 Å². The van der Waals surface area contributed by atoms with E-state index in [2.05, 4.69) is 0 Å². The lowest BCUT2D eigenvalue weighted by molar-refractivity contribution is -0.139. The number of halogens is 3. The van der Waals surface area contributed by atoms with Crippen LogP contribution in [0.25, 0.3) is 0 Å². The molecule has 0 bridgehead atoms. The highest BCUT2D eigenvalue weighted by Crippen LogP contribution is 2.23. The van der Waals surface area contributed by atoms with Crippen molar-refractivity contribution in [2.45, 2.75) is 6.18 Å². The molecule has 0 saturated heterocycles. The summed E-state index contributed by atoms with van der Waals surface area (Å²) < 4.78 is 40.9. The number of carbonyl (C=O) groups is 2. The Bertz CT molecular complexity index is 519. The van der Waals surface area contributed by atoms with Gasteiger partial charge in [0, 0.05) is 12.7 Å². The first-order chi connectivity index (χ1) is 10.2. The molecular formula is C13H14F3NO4S. The van der Waals surface area contributed by atoms with E-state index in [0.717, 1.165) is 0 Å². The number of rotatable bonds is 7. The average Bonchev–Trinajstić information content (AvgIpc) is 2.43. The third-order valence-electron chi connectivity index (χ3n) is 2.45. The monoisotopic (exact) mass is 337 g/mol. The number of ether oxygens (including phenoxy) is 1. The molecule has 0 aromatic heterocycles. The number of carboxylic acid groups (broad SMARTS) is 1. The molecular weight excluding hydrogens is 323 g/mol. The summed E-state index contributed by atoms with van der Waals surface area (Å²) in [6, 6.07) is 5.99. The molecule has 0 radical (unpaired) electrons. The van der Waals surface area contributed by atoms with Crippen LogP contribution < -0.4 is 9.64 Å². The minimum atomic E-state index is -4.30. The zero-order valence-electron chi connectivity index (χ0n) is 11.6. The topological polar surface area (TPSA) is 66.8 Å². The van der Waals surface area contributed by atoms with Gasteiger partial charge in [0.2, 0.25) is 5.91 Å². The Morgan fingerprint density at radius 2 is 1.86 bits per heavy atom. The molecule has 0 aliphatic heterocycles. The summed E-state index contributed by atoms with van der Waals surface area (Å²) in [4.78, 5) is 23.3. The van der Waals surface area contributed by atoms with Crippen molar-refractivity contribution < 1.29 is 32.6 Å². The Hall–Kier alpha value is -1.90. The lowest BCUT2D eigenvalue weighted by atomic mass is 10.3. The van der Waals surface area contributed by atoms with Crippen molar-refractivity contribution >= 4 is 29.3 Å². The predicted molar refractivity (Wildman–Crippen MR) is 76.4 cm³/mol. The first kappa shape index (κ1) is 18.1. The standard InChI is InChI=1S/C13H14F3NO4S/c1-17(11(18)7-22-8-13(14,15)16)9-2-4-10(5-3-9)21-6-12(19)20/h2-5H,6-8H2,1H3,(H,19,20). The molecule has 0 heterocycles. The normalized spacial score (nSPS) is 11.1. The van der Waals surface area contributed by atoms with Gasteiger partial charge in [-0.25, -0.2) is 4.79 Å². The van der Waals surface area contributed by atoms with E-state index in [1.807, 2.05) is 0 Å². The smallest absolute Gasteiger partial charge is 0.397 e. The second-order valence-electron chi connectivity index (χ2n) is 4.24. The number of carboxylic acids is 1. The molecule has 1 aromatic carbocycles. The molecule has 0 saturated carbocycles. The molecule has 122 valence electrons. The van der Waals surface area contributed by atoms with Crippen molar-refractivity contribution in [2.24, 2.45) is 0 Å². The van der Waals surface area contributed by atoms with Crippen molar-refractivity contribution in [1.82, 2.24) is 0 Å². The number of alkyl halides is 3. The van der Waals surface area contributed by atoms with Gasteiger partial charge in [-0.15, -0.1) is 11.8 Å². The highest BCUT2D eigenvalue weighted by Gasteiger charge is 2.27. The number of anilines is 1. The number of aliphatic carboxylic acids is 1. The van der Waals surface area contributed by atoms with E-state index in [9.17, 15) is 22.8 Å². The molecule has 1 rings (SSSR count). The maximum Gasteiger partial charge on any atom is 0.397 e. The number of carbonyl (C=O) groups excluding carboxylic acids is 1. The number of hydrogen-bond donors (Lipinski definition) is 1. The van der Waals surface area contributed by atoms with Gasteiger partial charge in [0.05, 0.1) is 11.5 Å². The fraction of sp³-hybridized carbons (Fsp3) is 0.385. The minimum Gasteiger partial charge on any atom is -0.482 e. The van der Waals surface area contributed by atoms with Gasteiger partial charge >= 0.3 is 12.1 Å². The number of hydrogen-bond acceptors (Lipinski definition) is 4. The highest BCUT2D eigenvalue weighted by atomic mass is 32.2. The summed E-state index contributed by atoms with van der Waals surface area (Å²) in [5, 5.41) is 8.47. The van der Waals surface area contributed by atoms with Crippen molar-refractivity contribution in [3.8, 4) is 5.75 Å². The maximum absolute atomic E-state index is 12.0. The molecule has 0 aliphatic rings. The van der Waals surface area contributed by atoms with E-state index in [0.29, 0.717) is 23.2 Å².